The summed E-state index contributed by atoms with van der Waals surface area (Å²) in [5, 5.41) is 0.817. The molecule has 0 rings (SSSR count). The molecule has 0 saturated carbocycles. The first-order valence-electron chi connectivity index (χ1n) is 7.03. The Kier molecular flexibility index (Phi) is 9.98. The Morgan fingerprint density at radius 2 is 1.90 bits per heavy atom. The lowest BCUT2D eigenvalue weighted by molar-refractivity contribution is -0.140. The summed E-state index contributed by atoms with van der Waals surface area (Å²) in [5.74, 6) is -0.471. The van der Waals surface area contributed by atoms with Crippen LogP contribution in [-0.4, -0.2) is 47.4 Å². The predicted octanol–water partition coefficient (Wildman–Crippen LogP) is 3.66. The number of nitrogens with zero attached hydrogens (tertiary/aromatic N) is 1. The van der Waals surface area contributed by atoms with Gasteiger partial charge in [0.2, 0.25) is 0 Å². The fourth-order valence-corrected chi connectivity index (χ4v) is 4.73. The van der Waals surface area contributed by atoms with Gasteiger partial charge in [0, 0.05) is 17.9 Å². The molecule has 20 heavy (non-hydrogen) atoms. The minimum atomic E-state index is -3.22. The first-order valence-corrected chi connectivity index (χ1v) is 9.91. The summed E-state index contributed by atoms with van der Waals surface area (Å²) in [6.07, 6.45) is 0.437. The highest BCUT2D eigenvalue weighted by Crippen LogP contribution is 2.53. The zero-order chi connectivity index (χ0) is 15.8. The Hall–Kier alpha value is 0.100. The summed E-state index contributed by atoms with van der Waals surface area (Å²) in [6.45, 7) is 10.2. The molecule has 0 aromatic heterocycles. The Balaban J connectivity index is 5.13. The molecular formula is C13H27BrNO4P. The van der Waals surface area contributed by atoms with Gasteiger partial charge in [-0.1, -0.05) is 15.9 Å². The second-order valence-electron chi connectivity index (χ2n) is 5.05. The zero-order valence-corrected chi connectivity index (χ0v) is 15.6. The van der Waals surface area contributed by atoms with Crippen LogP contribution >= 0.6 is 23.4 Å². The SMILES string of the molecule is CCOC(=O)CP(=O)(OC(C)C)N(CCCBr)C(C)C. The molecule has 0 saturated heterocycles. The van der Waals surface area contributed by atoms with E-state index in [0.29, 0.717) is 6.54 Å². The fraction of sp³-hybridized carbons (Fsp3) is 0.923. The third-order valence-electron chi connectivity index (χ3n) is 2.52. The van der Waals surface area contributed by atoms with E-state index in [1.807, 2.05) is 27.7 Å². The van der Waals surface area contributed by atoms with Gasteiger partial charge in [0.05, 0.1) is 12.7 Å². The van der Waals surface area contributed by atoms with Gasteiger partial charge in [-0.05, 0) is 41.0 Å². The molecule has 0 fully saturated rings. The van der Waals surface area contributed by atoms with Crippen LogP contribution in [-0.2, 0) is 18.6 Å². The molecule has 1 unspecified atom stereocenters. The molecule has 0 amide bonds. The van der Waals surface area contributed by atoms with Gasteiger partial charge in [0.25, 0.3) is 7.52 Å². The number of halogens is 1. The van der Waals surface area contributed by atoms with Crippen molar-refractivity contribution < 1.29 is 18.6 Å². The largest absolute Gasteiger partial charge is 0.466 e. The van der Waals surface area contributed by atoms with Crippen LogP contribution < -0.4 is 0 Å². The van der Waals surface area contributed by atoms with Gasteiger partial charge in [-0.25, -0.2) is 4.67 Å². The lowest BCUT2D eigenvalue weighted by atomic mass is 10.4. The molecule has 0 aliphatic carbocycles. The second kappa shape index (κ2) is 9.93. The van der Waals surface area contributed by atoms with E-state index in [9.17, 15) is 9.36 Å². The third kappa shape index (κ3) is 7.21. The Bertz CT molecular complexity index is 336. The van der Waals surface area contributed by atoms with Crippen LogP contribution in [0.4, 0.5) is 0 Å². The third-order valence-corrected chi connectivity index (χ3v) is 5.93. The molecule has 0 heterocycles. The maximum Gasteiger partial charge on any atom is 0.316 e. The number of ether oxygens (including phenoxy) is 1. The number of carbonyl (C=O) groups excluding carboxylic acids is 1. The molecule has 7 heteroatoms. The van der Waals surface area contributed by atoms with E-state index in [4.69, 9.17) is 9.26 Å². The van der Waals surface area contributed by atoms with Crippen molar-refractivity contribution in [3.05, 3.63) is 0 Å². The van der Waals surface area contributed by atoms with Crippen molar-refractivity contribution in [2.24, 2.45) is 0 Å². The van der Waals surface area contributed by atoms with E-state index in [0.717, 1.165) is 11.8 Å². The molecule has 120 valence electrons. The van der Waals surface area contributed by atoms with Crippen molar-refractivity contribution in [2.45, 2.75) is 53.2 Å². The predicted molar refractivity (Wildman–Crippen MR) is 85.6 cm³/mol. The van der Waals surface area contributed by atoms with Gasteiger partial charge in [-0.15, -0.1) is 0 Å². The molecule has 0 N–H and O–H groups in total. The van der Waals surface area contributed by atoms with Crippen molar-refractivity contribution in [3.8, 4) is 0 Å². The maximum absolute atomic E-state index is 13.1. The summed E-state index contributed by atoms with van der Waals surface area (Å²) < 4.78 is 25.5. The van der Waals surface area contributed by atoms with E-state index in [1.54, 1.807) is 11.6 Å². The van der Waals surface area contributed by atoms with Crippen LogP contribution in [0.2, 0.25) is 0 Å². The number of rotatable bonds is 10. The molecule has 0 bridgehead atoms. The molecule has 5 nitrogen and oxygen atoms in total. The number of hydrogen-bond donors (Lipinski definition) is 0. The van der Waals surface area contributed by atoms with Crippen molar-refractivity contribution >= 4 is 29.4 Å². The molecule has 0 spiro atoms. The molecule has 0 aliphatic rings. The van der Waals surface area contributed by atoms with E-state index in [1.165, 1.54) is 0 Å². The lowest BCUT2D eigenvalue weighted by Gasteiger charge is -2.34. The van der Waals surface area contributed by atoms with Gasteiger partial charge in [0.15, 0.2) is 0 Å². The smallest absolute Gasteiger partial charge is 0.316 e. The van der Waals surface area contributed by atoms with Gasteiger partial charge in [-0.3, -0.25) is 9.36 Å². The molecule has 0 aromatic rings. The Morgan fingerprint density at radius 1 is 1.30 bits per heavy atom. The van der Waals surface area contributed by atoms with Gasteiger partial charge < -0.3 is 9.26 Å². The quantitative estimate of drug-likeness (QED) is 0.333. The lowest BCUT2D eigenvalue weighted by Crippen LogP contribution is -2.33. The van der Waals surface area contributed by atoms with Crippen LogP contribution in [0.3, 0.4) is 0 Å². The first-order chi connectivity index (χ1) is 9.26. The first kappa shape index (κ1) is 20.1. The minimum Gasteiger partial charge on any atom is -0.466 e. The summed E-state index contributed by atoms with van der Waals surface area (Å²) in [7, 11) is -3.22. The Labute approximate surface area is 131 Å². The summed E-state index contributed by atoms with van der Waals surface area (Å²) >= 11 is 3.37. The van der Waals surface area contributed by atoms with Gasteiger partial charge >= 0.3 is 5.97 Å². The molecule has 0 aliphatic heterocycles. The number of alkyl halides is 1. The molecule has 0 aromatic carbocycles. The van der Waals surface area contributed by atoms with E-state index in [-0.39, 0.29) is 24.9 Å². The molecular weight excluding hydrogens is 345 g/mol. The number of hydrogen-bond acceptors (Lipinski definition) is 4. The van der Waals surface area contributed by atoms with Crippen molar-refractivity contribution in [1.82, 2.24) is 4.67 Å². The highest BCUT2D eigenvalue weighted by molar-refractivity contribution is 9.09. The van der Waals surface area contributed by atoms with Crippen LogP contribution in [0, 0.1) is 0 Å². The van der Waals surface area contributed by atoms with Crippen LogP contribution in [0.5, 0.6) is 0 Å². The number of carbonyl (C=O) groups is 1. The monoisotopic (exact) mass is 371 g/mol. The van der Waals surface area contributed by atoms with Crippen LogP contribution in [0.15, 0.2) is 0 Å². The number of esters is 1. The highest BCUT2D eigenvalue weighted by Gasteiger charge is 2.37. The van der Waals surface area contributed by atoms with Crippen LogP contribution in [0.1, 0.15) is 41.0 Å². The zero-order valence-electron chi connectivity index (χ0n) is 13.1. The summed E-state index contributed by atoms with van der Waals surface area (Å²) in [5.41, 5.74) is 0. The van der Waals surface area contributed by atoms with Gasteiger partial charge in [0.1, 0.15) is 6.16 Å². The van der Waals surface area contributed by atoms with Crippen LogP contribution in [0.25, 0.3) is 0 Å². The summed E-state index contributed by atoms with van der Waals surface area (Å²) in [4.78, 5) is 11.7. The van der Waals surface area contributed by atoms with E-state index < -0.39 is 13.5 Å². The normalized spacial score (nSPS) is 14.8. The van der Waals surface area contributed by atoms with Crippen molar-refractivity contribution in [3.63, 3.8) is 0 Å². The van der Waals surface area contributed by atoms with E-state index in [2.05, 4.69) is 15.9 Å². The molecule has 1 atom stereocenters. The standard InChI is InChI=1S/C13H27BrNO4P/c1-6-18-13(16)10-20(17,19-12(4)5)15(11(2)3)9-7-8-14/h11-12H,6-10H2,1-5H3. The average molecular weight is 372 g/mol. The van der Waals surface area contributed by atoms with Crippen molar-refractivity contribution in [2.75, 3.05) is 24.6 Å². The fourth-order valence-electron chi connectivity index (χ4n) is 1.87. The topological polar surface area (TPSA) is 55.8 Å². The minimum absolute atomic E-state index is 0.0352. The Morgan fingerprint density at radius 3 is 2.30 bits per heavy atom. The summed E-state index contributed by atoms with van der Waals surface area (Å²) in [6, 6.07) is 0.0352. The molecule has 0 radical (unpaired) electrons. The second-order valence-corrected chi connectivity index (χ2v) is 8.16. The maximum atomic E-state index is 13.1. The van der Waals surface area contributed by atoms with E-state index >= 15 is 0 Å². The van der Waals surface area contributed by atoms with Crippen molar-refractivity contribution in [1.29, 1.82) is 0 Å². The average Bonchev–Trinajstić information content (AvgIpc) is 2.27. The highest BCUT2D eigenvalue weighted by atomic mass is 79.9. The van der Waals surface area contributed by atoms with Gasteiger partial charge in [-0.2, -0.15) is 0 Å².